The number of carbonyl (C=O) groups is 4. The van der Waals surface area contributed by atoms with Gasteiger partial charge in [0.2, 0.25) is 5.91 Å². The van der Waals surface area contributed by atoms with Crippen LogP contribution in [0, 0.1) is 11.3 Å². The molecule has 3 aromatic rings. The first-order valence-electron chi connectivity index (χ1n) is 18.6. The van der Waals surface area contributed by atoms with Gasteiger partial charge in [-0.15, -0.1) is 0 Å². The van der Waals surface area contributed by atoms with Gasteiger partial charge >= 0.3 is 12.1 Å². The third-order valence-electron chi connectivity index (χ3n) is 9.71. The van der Waals surface area contributed by atoms with Gasteiger partial charge in [0.15, 0.2) is 16.1 Å². The second-order valence-electron chi connectivity index (χ2n) is 14.8. The minimum Gasteiger partial charge on any atom is -0.466 e. The maximum atomic E-state index is 14.6. The maximum Gasteiger partial charge on any atom is 0.408 e. The van der Waals surface area contributed by atoms with E-state index in [4.69, 9.17) is 9.47 Å². The van der Waals surface area contributed by atoms with Crippen molar-refractivity contribution in [2.24, 2.45) is 11.3 Å². The summed E-state index contributed by atoms with van der Waals surface area (Å²) in [6.45, 7) is 7.08. The molecule has 0 radical (unpaired) electrons. The molecule has 2 amide bonds. The molecule has 6 rings (SSSR count). The SMILES string of the molecule is CCOC(=O)[C@]12CC(=O)[C@@H]3C[C@@H](n4ncc(Sc5ncccn5)c(Sc5ncccn5)c4=O)CN3C(=O)[C@@H](NC(=O)OC(C)(C)C)CCCCC/C=C\[C@@H]1C2. The fourth-order valence-electron chi connectivity index (χ4n) is 7.02. The highest BCUT2D eigenvalue weighted by Crippen LogP contribution is 2.57. The lowest BCUT2D eigenvalue weighted by Crippen LogP contribution is -2.52. The number of hydrogen-bond donors (Lipinski definition) is 1. The summed E-state index contributed by atoms with van der Waals surface area (Å²) >= 11 is 2.23. The van der Waals surface area contributed by atoms with Crippen molar-refractivity contribution in [1.82, 2.24) is 39.9 Å². The summed E-state index contributed by atoms with van der Waals surface area (Å²) in [7, 11) is 0. The summed E-state index contributed by atoms with van der Waals surface area (Å²) in [5.41, 5.74) is -2.30. The van der Waals surface area contributed by atoms with Crippen molar-refractivity contribution in [2.45, 2.75) is 123 Å². The summed E-state index contributed by atoms with van der Waals surface area (Å²) < 4.78 is 12.3. The molecule has 5 heterocycles. The Morgan fingerprint density at radius 3 is 2.35 bits per heavy atom. The van der Waals surface area contributed by atoms with Crippen molar-refractivity contribution in [2.75, 3.05) is 13.2 Å². The van der Waals surface area contributed by atoms with Gasteiger partial charge in [-0.2, -0.15) is 5.10 Å². The Kier molecular flexibility index (Phi) is 12.7. The Morgan fingerprint density at radius 2 is 1.67 bits per heavy atom. The van der Waals surface area contributed by atoms with Crippen LogP contribution in [0.5, 0.6) is 0 Å². The zero-order valence-corrected chi connectivity index (χ0v) is 33.0. The number of ether oxygens (including phenoxy) is 2. The number of rotatable bonds is 8. The van der Waals surface area contributed by atoms with Crippen LogP contribution in [0.4, 0.5) is 4.79 Å². The van der Waals surface area contributed by atoms with Gasteiger partial charge in [-0.3, -0.25) is 19.2 Å². The summed E-state index contributed by atoms with van der Waals surface area (Å²) in [6.07, 6.45) is 15.0. The van der Waals surface area contributed by atoms with E-state index < -0.39 is 52.7 Å². The number of fused-ring (bicyclic) bond motifs is 2. The van der Waals surface area contributed by atoms with Gasteiger partial charge in [-0.25, -0.2) is 29.4 Å². The molecule has 0 unspecified atom stereocenters. The molecule has 1 N–H and O–H groups in total. The Labute approximate surface area is 327 Å². The van der Waals surface area contributed by atoms with Gasteiger partial charge in [0.1, 0.15) is 11.6 Å². The van der Waals surface area contributed by atoms with Gasteiger partial charge in [0.25, 0.3) is 5.56 Å². The number of alkyl carbamates (subject to hydrolysis) is 1. The second kappa shape index (κ2) is 17.4. The summed E-state index contributed by atoms with van der Waals surface area (Å²) in [4.78, 5) is 89.3. The molecule has 1 saturated carbocycles. The lowest BCUT2D eigenvalue weighted by molar-refractivity contribution is -0.152. The molecule has 1 aliphatic carbocycles. The zero-order chi connectivity index (χ0) is 39.2. The van der Waals surface area contributed by atoms with Crippen molar-refractivity contribution in [3.8, 4) is 0 Å². The van der Waals surface area contributed by atoms with E-state index in [0.717, 1.165) is 42.8 Å². The lowest BCUT2D eigenvalue weighted by Gasteiger charge is -2.30. The third kappa shape index (κ3) is 9.79. The molecule has 15 nitrogen and oxygen atoms in total. The maximum absolute atomic E-state index is 14.6. The number of ketones is 1. The van der Waals surface area contributed by atoms with E-state index in [9.17, 15) is 24.0 Å². The number of carbonyl (C=O) groups excluding carboxylic acids is 4. The van der Waals surface area contributed by atoms with E-state index in [1.807, 2.05) is 6.08 Å². The highest BCUT2D eigenvalue weighted by Gasteiger charge is 2.61. The van der Waals surface area contributed by atoms with E-state index >= 15 is 0 Å². The monoisotopic (exact) mass is 790 g/mol. The molecule has 0 bridgehead atoms. The number of allylic oxidation sites excluding steroid dienone is 2. The molecular formula is C38H46N8O7S2. The number of nitrogens with one attached hydrogen (secondary N) is 1. The van der Waals surface area contributed by atoms with Crippen LogP contribution in [-0.4, -0.2) is 89.2 Å². The highest BCUT2D eigenvalue weighted by atomic mass is 32.2. The van der Waals surface area contributed by atoms with Crippen LogP contribution in [0.1, 0.15) is 85.1 Å². The molecule has 3 aliphatic rings. The van der Waals surface area contributed by atoms with Crippen LogP contribution < -0.4 is 10.9 Å². The van der Waals surface area contributed by atoms with E-state index in [2.05, 4.69) is 36.4 Å². The van der Waals surface area contributed by atoms with E-state index in [1.165, 1.54) is 15.8 Å². The Bertz CT molecular complexity index is 1960. The summed E-state index contributed by atoms with van der Waals surface area (Å²) in [5, 5.41) is 8.08. The molecule has 2 fully saturated rings. The standard InChI is InChI=1S/C38H46N8O7S2/c1-5-52-33(50)38-20-24(38)13-9-7-6-8-10-14-26(44-36(51)53-37(2,3)4)31(48)45-23-25(19-27(45)28(47)21-38)46-32(49)30(55-35-41-17-12-18-42-35)29(22-43-46)54-34-39-15-11-16-40-34/h9,11-13,15-18,22,24-27H,5-8,10,14,19-21,23H2,1-4H3,(H,44,51)/b13-9-/t24-,25-,26+,27+,38-/m1/s1. The number of nitrogens with zero attached hydrogens (tertiary/aromatic N) is 7. The van der Waals surface area contributed by atoms with E-state index in [0.29, 0.717) is 34.5 Å². The smallest absolute Gasteiger partial charge is 0.408 e. The predicted molar refractivity (Wildman–Crippen MR) is 202 cm³/mol. The van der Waals surface area contributed by atoms with Crippen molar-refractivity contribution in [3.05, 3.63) is 65.6 Å². The van der Waals surface area contributed by atoms with Gasteiger partial charge in [-0.1, -0.05) is 25.0 Å². The van der Waals surface area contributed by atoms with Crippen LogP contribution in [-0.2, 0) is 23.9 Å². The molecule has 0 aromatic carbocycles. The van der Waals surface area contributed by atoms with Crippen LogP contribution in [0.25, 0.3) is 0 Å². The molecule has 3 aromatic heterocycles. The van der Waals surface area contributed by atoms with Crippen molar-refractivity contribution in [1.29, 1.82) is 0 Å². The first-order chi connectivity index (χ1) is 26.4. The van der Waals surface area contributed by atoms with Crippen molar-refractivity contribution >= 4 is 47.3 Å². The van der Waals surface area contributed by atoms with Crippen LogP contribution in [0.3, 0.4) is 0 Å². The molecule has 0 spiro atoms. The fraction of sp³-hybridized carbons (Fsp3) is 0.526. The van der Waals surface area contributed by atoms with Crippen LogP contribution in [0.15, 0.2) is 80.2 Å². The second-order valence-corrected chi connectivity index (χ2v) is 16.8. The fourth-order valence-corrected chi connectivity index (χ4v) is 8.72. The number of esters is 1. The lowest BCUT2D eigenvalue weighted by atomic mass is 9.91. The first-order valence-corrected chi connectivity index (χ1v) is 20.2. The molecule has 5 atom stereocenters. The highest BCUT2D eigenvalue weighted by molar-refractivity contribution is 8.02. The Balaban J connectivity index is 1.37. The summed E-state index contributed by atoms with van der Waals surface area (Å²) in [6, 6.07) is 0.648. The molecule has 2 aliphatic heterocycles. The predicted octanol–water partition coefficient (Wildman–Crippen LogP) is 5.21. The molecular weight excluding hydrogens is 745 g/mol. The van der Waals surface area contributed by atoms with Gasteiger partial charge in [-0.05, 0) is 101 Å². The van der Waals surface area contributed by atoms with E-state index in [-0.39, 0.29) is 42.6 Å². The minimum atomic E-state index is -1.03. The largest absolute Gasteiger partial charge is 0.466 e. The Morgan fingerprint density at radius 1 is 0.982 bits per heavy atom. The van der Waals surface area contributed by atoms with Gasteiger partial charge in [0.05, 0.1) is 40.1 Å². The van der Waals surface area contributed by atoms with Crippen molar-refractivity contribution in [3.63, 3.8) is 0 Å². The average molecular weight is 791 g/mol. The average Bonchev–Trinajstić information content (AvgIpc) is 3.66. The normalized spacial score (nSPS) is 25.1. The molecule has 1 saturated heterocycles. The van der Waals surface area contributed by atoms with Gasteiger partial charge < -0.3 is 19.7 Å². The first kappa shape index (κ1) is 40.0. The van der Waals surface area contributed by atoms with Crippen LogP contribution >= 0.6 is 23.5 Å². The number of amides is 2. The van der Waals surface area contributed by atoms with Crippen LogP contribution in [0.2, 0.25) is 0 Å². The minimum absolute atomic E-state index is 0.0371. The van der Waals surface area contributed by atoms with Crippen molar-refractivity contribution < 1.29 is 28.7 Å². The summed E-state index contributed by atoms with van der Waals surface area (Å²) in [5.74, 6) is -1.38. The van der Waals surface area contributed by atoms with E-state index in [1.54, 1.807) is 64.6 Å². The molecule has 17 heteroatoms. The third-order valence-corrected chi connectivity index (χ3v) is 11.8. The Hall–Kier alpha value is -4.64. The van der Waals surface area contributed by atoms with Gasteiger partial charge in [0, 0.05) is 37.8 Å². The molecule has 292 valence electrons. The topological polar surface area (TPSA) is 188 Å². The number of Topliss-reactive ketones (excluding diaryl/α,β-unsaturated/α-hetero) is 1. The number of aromatic nitrogens is 6. The quantitative estimate of drug-likeness (QED) is 0.178. The molecule has 55 heavy (non-hydrogen) atoms. The number of hydrogen-bond acceptors (Lipinski definition) is 14. The zero-order valence-electron chi connectivity index (χ0n) is 31.4.